The highest BCUT2D eigenvalue weighted by atomic mass is 16.7. The van der Waals surface area contributed by atoms with Gasteiger partial charge in [-0.05, 0) is 11.6 Å². The van der Waals surface area contributed by atoms with Gasteiger partial charge in [0.25, 0.3) is 0 Å². The minimum atomic E-state index is -0.355. The van der Waals surface area contributed by atoms with Gasteiger partial charge in [-0.25, -0.2) is 4.79 Å². The Morgan fingerprint density at radius 1 is 0.897 bits per heavy atom. The van der Waals surface area contributed by atoms with Gasteiger partial charge >= 0.3 is 5.97 Å². The van der Waals surface area contributed by atoms with Crippen molar-refractivity contribution in [2.45, 2.75) is 19.9 Å². The van der Waals surface area contributed by atoms with Gasteiger partial charge in [-0.3, -0.25) is 0 Å². The fourth-order valence-corrected chi connectivity index (χ4v) is 3.36. The van der Waals surface area contributed by atoms with Crippen LogP contribution in [0.25, 0.3) is 10.9 Å². The summed E-state index contributed by atoms with van der Waals surface area (Å²) in [6.45, 7) is 2.50. The predicted octanol–water partition coefficient (Wildman–Crippen LogP) is 5.40. The van der Waals surface area contributed by atoms with Crippen molar-refractivity contribution >= 4 is 22.6 Å². The zero-order valence-electron chi connectivity index (χ0n) is 16.3. The number of benzene rings is 3. The molecule has 0 radical (unpaired) electrons. The first-order chi connectivity index (χ1) is 14.3. The maximum Gasteiger partial charge on any atom is 0.334 e. The summed E-state index contributed by atoms with van der Waals surface area (Å²) in [5, 5.41) is 5.33. The van der Waals surface area contributed by atoms with E-state index >= 15 is 0 Å². The van der Waals surface area contributed by atoms with E-state index in [1.165, 1.54) is 5.56 Å². The first-order valence-electron chi connectivity index (χ1n) is 9.71. The second-order valence-electron chi connectivity index (χ2n) is 6.80. The highest BCUT2D eigenvalue weighted by Gasteiger charge is 2.16. The van der Waals surface area contributed by atoms with Gasteiger partial charge in [-0.2, -0.15) is 0 Å². The fourth-order valence-electron chi connectivity index (χ4n) is 3.36. The molecule has 0 aliphatic carbocycles. The SMILES string of the molecule is CCC(=O)O/N=C(\c1ccccc1)c1cn(Cc2ccccc2)c2ccccc12. The van der Waals surface area contributed by atoms with Gasteiger partial charge in [0.2, 0.25) is 0 Å². The van der Waals surface area contributed by atoms with Crippen molar-refractivity contribution in [1.82, 2.24) is 4.57 Å². The van der Waals surface area contributed by atoms with Crippen LogP contribution in [-0.4, -0.2) is 16.2 Å². The number of fused-ring (bicyclic) bond motifs is 1. The van der Waals surface area contributed by atoms with Gasteiger partial charge in [0.1, 0.15) is 5.71 Å². The van der Waals surface area contributed by atoms with E-state index in [9.17, 15) is 4.79 Å². The normalized spacial score (nSPS) is 11.6. The quantitative estimate of drug-likeness (QED) is 0.255. The smallest absolute Gasteiger partial charge is 0.334 e. The third-order valence-corrected chi connectivity index (χ3v) is 4.81. The number of carbonyl (C=O) groups excluding carboxylic acids is 1. The summed E-state index contributed by atoms with van der Waals surface area (Å²) >= 11 is 0. The lowest BCUT2D eigenvalue weighted by molar-refractivity contribution is -0.143. The Kier molecular flexibility index (Phi) is 5.52. The van der Waals surface area contributed by atoms with Gasteiger partial charge in [-0.1, -0.05) is 90.9 Å². The second-order valence-corrected chi connectivity index (χ2v) is 6.80. The molecular weight excluding hydrogens is 360 g/mol. The molecule has 0 fully saturated rings. The second kappa shape index (κ2) is 8.57. The molecule has 0 bridgehead atoms. The number of nitrogens with zero attached hydrogens (tertiary/aromatic N) is 2. The van der Waals surface area contributed by atoms with E-state index in [2.05, 4.69) is 40.2 Å². The molecule has 0 atom stereocenters. The van der Waals surface area contributed by atoms with Gasteiger partial charge in [-0.15, -0.1) is 0 Å². The maximum atomic E-state index is 11.8. The maximum absolute atomic E-state index is 11.8. The van der Waals surface area contributed by atoms with Crippen molar-refractivity contribution in [2.75, 3.05) is 0 Å². The Morgan fingerprint density at radius 3 is 2.28 bits per heavy atom. The van der Waals surface area contributed by atoms with Crippen LogP contribution >= 0.6 is 0 Å². The number of hydrogen-bond donors (Lipinski definition) is 0. The van der Waals surface area contributed by atoms with Gasteiger partial charge in [0.15, 0.2) is 0 Å². The van der Waals surface area contributed by atoms with Crippen molar-refractivity contribution in [3.05, 3.63) is 108 Å². The largest absolute Gasteiger partial charge is 0.342 e. The summed E-state index contributed by atoms with van der Waals surface area (Å²) in [6.07, 6.45) is 2.37. The topological polar surface area (TPSA) is 43.6 Å². The molecular formula is C25H22N2O2. The molecule has 4 aromatic rings. The van der Waals surface area contributed by atoms with E-state index in [0.29, 0.717) is 5.71 Å². The Morgan fingerprint density at radius 2 is 1.55 bits per heavy atom. The van der Waals surface area contributed by atoms with Crippen LogP contribution in [0.15, 0.2) is 96.3 Å². The molecule has 4 nitrogen and oxygen atoms in total. The third kappa shape index (κ3) is 4.11. The van der Waals surface area contributed by atoms with E-state index in [0.717, 1.165) is 28.6 Å². The summed E-state index contributed by atoms with van der Waals surface area (Å²) in [4.78, 5) is 16.9. The minimum Gasteiger partial charge on any atom is -0.342 e. The predicted molar refractivity (Wildman–Crippen MR) is 116 cm³/mol. The third-order valence-electron chi connectivity index (χ3n) is 4.81. The molecule has 0 saturated carbocycles. The number of oxime groups is 1. The van der Waals surface area contributed by atoms with Gasteiger partial charge in [0.05, 0.1) is 0 Å². The fraction of sp³-hybridized carbons (Fsp3) is 0.120. The number of aromatic nitrogens is 1. The number of hydrogen-bond acceptors (Lipinski definition) is 3. The minimum absolute atomic E-state index is 0.279. The van der Waals surface area contributed by atoms with E-state index in [4.69, 9.17) is 4.84 Å². The van der Waals surface area contributed by atoms with E-state index < -0.39 is 0 Å². The Balaban J connectivity index is 1.84. The summed E-state index contributed by atoms with van der Waals surface area (Å²) in [5.41, 5.74) is 4.81. The Labute approximate surface area is 170 Å². The summed E-state index contributed by atoms with van der Waals surface area (Å²) < 4.78 is 2.21. The highest BCUT2D eigenvalue weighted by Crippen LogP contribution is 2.25. The molecule has 0 N–H and O–H groups in total. The van der Waals surface area contributed by atoms with Crippen LogP contribution in [0.5, 0.6) is 0 Å². The molecule has 0 amide bonds. The van der Waals surface area contributed by atoms with Crippen molar-refractivity contribution in [1.29, 1.82) is 0 Å². The molecule has 0 spiro atoms. The number of para-hydroxylation sites is 1. The van der Waals surface area contributed by atoms with Crippen LogP contribution in [0.2, 0.25) is 0 Å². The van der Waals surface area contributed by atoms with Gasteiger partial charge < -0.3 is 9.40 Å². The number of carbonyl (C=O) groups is 1. The Hall–Kier alpha value is -3.66. The monoisotopic (exact) mass is 382 g/mol. The molecule has 0 unspecified atom stereocenters. The van der Waals surface area contributed by atoms with Crippen molar-refractivity contribution in [2.24, 2.45) is 5.16 Å². The van der Waals surface area contributed by atoms with Crippen LogP contribution in [0, 0.1) is 0 Å². The average molecular weight is 382 g/mol. The molecule has 1 heterocycles. The van der Waals surface area contributed by atoms with Crippen molar-refractivity contribution in [3.8, 4) is 0 Å². The molecule has 1 aromatic heterocycles. The summed E-state index contributed by atoms with van der Waals surface area (Å²) in [5.74, 6) is -0.355. The average Bonchev–Trinajstić information content (AvgIpc) is 3.13. The van der Waals surface area contributed by atoms with E-state index in [-0.39, 0.29) is 12.4 Å². The molecule has 0 aliphatic rings. The first-order valence-corrected chi connectivity index (χ1v) is 9.71. The van der Waals surface area contributed by atoms with Crippen molar-refractivity contribution in [3.63, 3.8) is 0 Å². The van der Waals surface area contributed by atoms with Crippen molar-refractivity contribution < 1.29 is 9.63 Å². The van der Waals surface area contributed by atoms with Crippen LogP contribution in [0.4, 0.5) is 0 Å². The van der Waals surface area contributed by atoms with Crippen LogP contribution in [0.3, 0.4) is 0 Å². The molecule has 0 saturated heterocycles. The highest BCUT2D eigenvalue weighted by molar-refractivity contribution is 6.19. The lowest BCUT2D eigenvalue weighted by Gasteiger charge is -2.06. The first kappa shape index (κ1) is 18.7. The molecule has 29 heavy (non-hydrogen) atoms. The lowest BCUT2D eigenvalue weighted by atomic mass is 10.0. The lowest BCUT2D eigenvalue weighted by Crippen LogP contribution is -2.07. The van der Waals surface area contributed by atoms with Crippen LogP contribution < -0.4 is 0 Å². The van der Waals surface area contributed by atoms with E-state index in [1.54, 1.807) is 6.92 Å². The zero-order chi connectivity index (χ0) is 20.1. The zero-order valence-corrected chi connectivity index (χ0v) is 16.3. The summed E-state index contributed by atoms with van der Waals surface area (Å²) in [7, 11) is 0. The number of rotatable bonds is 6. The van der Waals surface area contributed by atoms with Crippen LogP contribution in [-0.2, 0) is 16.2 Å². The van der Waals surface area contributed by atoms with Gasteiger partial charge in [0, 0.05) is 41.2 Å². The molecule has 3 aromatic carbocycles. The van der Waals surface area contributed by atoms with E-state index in [1.807, 2.05) is 60.7 Å². The standard InChI is InChI=1S/C25H22N2O2/c1-2-24(28)29-26-25(20-13-7-4-8-14-20)22-18-27(17-19-11-5-3-6-12-19)23-16-10-9-15-21(22)23/h3-16,18H,2,17H2,1H3/b26-25+. The molecule has 4 heteroatoms. The Bertz CT molecular complexity index is 1150. The molecule has 0 aliphatic heterocycles. The molecule has 4 rings (SSSR count). The summed E-state index contributed by atoms with van der Waals surface area (Å²) in [6, 6.07) is 28.4. The van der Waals surface area contributed by atoms with Crippen LogP contribution in [0.1, 0.15) is 30.0 Å². The molecule has 144 valence electrons.